The van der Waals surface area contributed by atoms with Crippen molar-refractivity contribution in [3.05, 3.63) is 66.1 Å². The number of hydrogen-bond acceptors (Lipinski definition) is 8. The van der Waals surface area contributed by atoms with Crippen molar-refractivity contribution in [1.82, 2.24) is 15.0 Å². The highest BCUT2D eigenvalue weighted by Crippen LogP contribution is 2.33. The molecule has 0 spiro atoms. The van der Waals surface area contributed by atoms with Gasteiger partial charge in [-0.05, 0) is 43.2 Å². The van der Waals surface area contributed by atoms with Crippen molar-refractivity contribution in [2.45, 2.75) is 13.3 Å². The largest absolute Gasteiger partial charge is 0.493 e. The Hall–Kier alpha value is -4.07. The molecule has 32 heavy (non-hydrogen) atoms. The molecular weight excluding hydrogens is 406 g/mol. The van der Waals surface area contributed by atoms with E-state index in [4.69, 9.17) is 19.9 Å². The second-order valence-corrected chi connectivity index (χ2v) is 7.19. The Morgan fingerprint density at radius 3 is 2.59 bits per heavy atom. The van der Waals surface area contributed by atoms with Crippen molar-refractivity contribution in [3.8, 4) is 23.1 Å². The van der Waals surface area contributed by atoms with Gasteiger partial charge in [0.25, 0.3) is 0 Å². The summed E-state index contributed by atoms with van der Waals surface area (Å²) in [5, 5.41) is 4.24. The van der Waals surface area contributed by atoms with Crippen LogP contribution in [-0.4, -0.2) is 35.7 Å². The number of nitrogens with zero attached hydrogens (tertiary/aromatic N) is 3. The Labute approximate surface area is 186 Å². The van der Waals surface area contributed by atoms with E-state index < -0.39 is 0 Å². The molecule has 2 aromatic carbocycles. The number of pyridine rings is 1. The Kier molecular flexibility index (Phi) is 6.21. The molecule has 0 saturated heterocycles. The number of aryl methyl sites for hydroxylation is 1. The van der Waals surface area contributed by atoms with E-state index in [1.807, 2.05) is 55.5 Å². The minimum absolute atomic E-state index is 0.282. The van der Waals surface area contributed by atoms with Gasteiger partial charge in [-0.2, -0.15) is 4.98 Å². The summed E-state index contributed by atoms with van der Waals surface area (Å²) in [6.45, 7) is 2.56. The van der Waals surface area contributed by atoms with Crippen molar-refractivity contribution in [2.75, 3.05) is 31.8 Å². The molecule has 0 aliphatic rings. The van der Waals surface area contributed by atoms with Crippen LogP contribution in [0.15, 0.2) is 54.9 Å². The lowest BCUT2D eigenvalue weighted by Gasteiger charge is -2.13. The number of hydrogen-bond donors (Lipinski definition) is 2. The predicted octanol–water partition coefficient (Wildman–Crippen LogP) is 4.38. The van der Waals surface area contributed by atoms with Gasteiger partial charge in [0.05, 0.1) is 14.2 Å². The normalized spacial score (nSPS) is 10.7. The number of aromatic nitrogens is 3. The summed E-state index contributed by atoms with van der Waals surface area (Å²) in [6.07, 6.45) is 2.17. The molecule has 4 rings (SSSR count). The second kappa shape index (κ2) is 9.38. The van der Waals surface area contributed by atoms with Crippen LogP contribution in [0.1, 0.15) is 11.3 Å². The Morgan fingerprint density at radius 2 is 1.78 bits per heavy atom. The minimum Gasteiger partial charge on any atom is -0.493 e. The third kappa shape index (κ3) is 4.49. The van der Waals surface area contributed by atoms with Crippen LogP contribution in [0.2, 0.25) is 0 Å². The number of fused-ring (bicyclic) bond motifs is 1. The number of nitrogens with two attached hydrogens (primary N) is 1. The van der Waals surface area contributed by atoms with E-state index in [1.54, 1.807) is 14.2 Å². The third-order valence-electron chi connectivity index (χ3n) is 5.03. The molecule has 2 heterocycles. The van der Waals surface area contributed by atoms with Gasteiger partial charge in [0.1, 0.15) is 17.5 Å². The van der Waals surface area contributed by atoms with E-state index in [0.717, 1.165) is 28.6 Å². The molecule has 0 amide bonds. The van der Waals surface area contributed by atoms with Gasteiger partial charge in [0.2, 0.25) is 5.88 Å². The van der Waals surface area contributed by atoms with E-state index in [0.29, 0.717) is 35.3 Å². The molecule has 3 N–H and O–H groups in total. The maximum absolute atomic E-state index is 6.30. The van der Waals surface area contributed by atoms with Gasteiger partial charge in [-0.25, -0.2) is 9.97 Å². The number of methoxy groups -OCH3 is 2. The van der Waals surface area contributed by atoms with E-state index >= 15 is 0 Å². The van der Waals surface area contributed by atoms with Crippen LogP contribution >= 0.6 is 0 Å². The third-order valence-corrected chi connectivity index (χ3v) is 5.03. The molecular formula is C24H25N5O3. The maximum Gasteiger partial charge on any atom is 0.248 e. The lowest BCUT2D eigenvalue weighted by atomic mass is 10.1. The number of nitrogen functional groups attached to an aromatic ring is 1. The van der Waals surface area contributed by atoms with E-state index in [9.17, 15) is 0 Å². The van der Waals surface area contributed by atoms with Crippen LogP contribution in [0, 0.1) is 6.92 Å². The van der Waals surface area contributed by atoms with Crippen molar-refractivity contribution in [1.29, 1.82) is 0 Å². The van der Waals surface area contributed by atoms with Crippen LogP contribution in [0.5, 0.6) is 23.1 Å². The minimum atomic E-state index is 0.282. The van der Waals surface area contributed by atoms with Gasteiger partial charge in [-0.3, -0.25) is 0 Å². The first-order valence-electron chi connectivity index (χ1n) is 10.2. The zero-order chi connectivity index (χ0) is 22.5. The number of anilines is 2. The number of ether oxygens (including phenoxy) is 3. The summed E-state index contributed by atoms with van der Waals surface area (Å²) in [7, 11) is 3.24. The molecule has 8 heteroatoms. The van der Waals surface area contributed by atoms with Crippen molar-refractivity contribution in [3.63, 3.8) is 0 Å². The van der Waals surface area contributed by atoms with E-state index in [-0.39, 0.29) is 5.88 Å². The Morgan fingerprint density at radius 1 is 0.938 bits per heavy atom. The van der Waals surface area contributed by atoms with Gasteiger partial charge in [0, 0.05) is 17.6 Å². The molecule has 2 aromatic heterocycles. The molecule has 0 aliphatic carbocycles. The second-order valence-electron chi connectivity index (χ2n) is 7.19. The number of benzene rings is 2. The SMILES string of the molecule is COc1ccc(CCNc2ncnc(Oc3cccc4ccc(C)nc34)c2N)cc1OC. The summed E-state index contributed by atoms with van der Waals surface area (Å²) in [5.41, 5.74) is 9.39. The highest BCUT2D eigenvalue weighted by molar-refractivity contribution is 5.85. The summed E-state index contributed by atoms with van der Waals surface area (Å²) in [5.74, 6) is 2.78. The monoisotopic (exact) mass is 431 g/mol. The average molecular weight is 431 g/mol. The number of nitrogens with one attached hydrogen (secondary N) is 1. The molecule has 0 bridgehead atoms. The summed E-state index contributed by atoms with van der Waals surface area (Å²) >= 11 is 0. The number of rotatable bonds is 8. The molecule has 4 aromatic rings. The highest BCUT2D eigenvalue weighted by atomic mass is 16.5. The zero-order valence-corrected chi connectivity index (χ0v) is 18.3. The number of para-hydroxylation sites is 1. The molecule has 0 fully saturated rings. The topological polar surface area (TPSA) is 104 Å². The van der Waals surface area contributed by atoms with Crippen molar-refractivity contribution < 1.29 is 14.2 Å². The van der Waals surface area contributed by atoms with Gasteiger partial charge < -0.3 is 25.3 Å². The summed E-state index contributed by atoms with van der Waals surface area (Å²) in [4.78, 5) is 13.1. The standard InChI is InChI=1S/C24H25N5O3/c1-15-7-9-17-5-4-6-19(22(17)29-15)32-24-21(25)23(27-14-28-24)26-12-11-16-8-10-18(30-2)20(13-16)31-3/h4-10,13-14H,11-12,25H2,1-3H3,(H,26,27,28). The molecule has 164 valence electrons. The van der Waals surface area contributed by atoms with Gasteiger partial charge in [0.15, 0.2) is 23.1 Å². The van der Waals surface area contributed by atoms with Crippen LogP contribution in [0.3, 0.4) is 0 Å². The van der Waals surface area contributed by atoms with Gasteiger partial charge in [-0.1, -0.05) is 24.3 Å². The molecule has 8 nitrogen and oxygen atoms in total. The van der Waals surface area contributed by atoms with Crippen LogP contribution in [-0.2, 0) is 6.42 Å². The first kappa shape index (κ1) is 21.2. The quantitative estimate of drug-likeness (QED) is 0.424. The highest BCUT2D eigenvalue weighted by Gasteiger charge is 2.13. The predicted molar refractivity (Wildman–Crippen MR) is 125 cm³/mol. The molecule has 0 atom stereocenters. The zero-order valence-electron chi connectivity index (χ0n) is 18.3. The van der Waals surface area contributed by atoms with Crippen LogP contribution < -0.4 is 25.3 Å². The first-order chi connectivity index (χ1) is 15.6. The Bertz CT molecular complexity index is 1250. The molecule has 0 unspecified atom stereocenters. The van der Waals surface area contributed by atoms with Crippen molar-refractivity contribution in [2.24, 2.45) is 0 Å². The van der Waals surface area contributed by atoms with E-state index in [1.165, 1.54) is 6.33 Å². The van der Waals surface area contributed by atoms with Crippen LogP contribution in [0.4, 0.5) is 11.5 Å². The lowest BCUT2D eigenvalue weighted by Crippen LogP contribution is -2.10. The summed E-state index contributed by atoms with van der Waals surface area (Å²) in [6, 6.07) is 15.6. The molecule has 0 saturated carbocycles. The fourth-order valence-corrected chi connectivity index (χ4v) is 3.37. The molecule has 0 radical (unpaired) electrons. The smallest absolute Gasteiger partial charge is 0.248 e. The fraction of sp³-hybridized carbons (Fsp3) is 0.208. The van der Waals surface area contributed by atoms with Gasteiger partial charge >= 0.3 is 0 Å². The Balaban J connectivity index is 1.48. The van der Waals surface area contributed by atoms with Crippen molar-refractivity contribution >= 4 is 22.4 Å². The fourth-order valence-electron chi connectivity index (χ4n) is 3.37. The van der Waals surface area contributed by atoms with Gasteiger partial charge in [-0.15, -0.1) is 0 Å². The lowest BCUT2D eigenvalue weighted by molar-refractivity contribution is 0.354. The van der Waals surface area contributed by atoms with Crippen LogP contribution in [0.25, 0.3) is 10.9 Å². The summed E-state index contributed by atoms with van der Waals surface area (Å²) < 4.78 is 16.7. The average Bonchev–Trinajstić information content (AvgIpc) is 2.81. The molecule has 0 aliphatic heterocycles. The van der Waals surface area contributed by atoms with E-state index in [2.05, 4.69) is 20.3 Å². The maximum atomic E-state index is 6.30. The first-order valence-corrected chi connectivity index (χ1v) is 10.2.